The van der Waals surface area contributed by atoms with Crippen LogP contribution in [0.15, 0.2) is 18.2 Å². The van der Waals surface area contributed by atoms with Gasteiger partial charge in [0.15, 0.2) is 5.78 Å². The lowest BCUT2D eigenvalue weighted by molar-refractivity contribution is 0.0746. The third-order valence-corrected chi connectivity index (χ3v) is 5.48. The van der Waals surface area contributed by atoms with Crippen LogP contribution >= 0.6 is 0 Å². The molecule has 3 rings (SSSR count). The number of ketones is 1. The number of hydrogen-bond donors (Lipinski definition) is 2. The molecule has 2 aliphatic rings. The molecular weight excluding hydrogens is 314 g/mol. The van der Waals surface area contributed by atoms with Crippen molar-refractivity contribution >= 4 is 5.78 Å². The molecule has 1 atom stereocenters. The van der Waals surface area contributed by atoms with Crippen molar-refractivity contribution < 1.29 is 14.6 Å². The maximum Gasteiger partial charge on any atom is 0.169 e. The first-order valence-corrected chi connectivity index (χ1v) is 9.53. The Morgan fingerprint density at radius 2 is 1.96 bits per heavy atom. The van der Waals surface area contributed by atoms with Gasteiger partial charge in [-0.3, -0.25) is 4.79 Å². The number of Topliss-reactive ketones (excluding diaryl/α,β-unsaturated/α-hetero) is 1. The molecule has 1 spiro atoms. The van der Waals surface area contributed by atoms with Gasteiger partial charge >= 0.3 is 0 Å². The van der Waals surface area contributed by atoms with Gasteiger partial charge in [0.25, 0.3) is 0 Å². The zero-order chi connectivity index (χ0) is 18.1. The van der Waals surface area contributed by atoms with E-state index in [1.165, 1.54) is 6.42 Å². The highest BCUT2D eigenvalue weighted by Gasteiger charge is 2.46. The Kier molecular flexibility index (Phi) is 5.21. The Bertz CT molecular complexity index is 627. The first-order chi connectivity index (χ1) is 11.8. The monoisotopic (exact) mass is 345 g/mol. The Morgan fingerprint density at radius 1 is 1.24 bits per heavy atom. The number of fused-ring (bicyclic) bond motifs is 1. The molecule has 0 aliphatic heterocycles. The molecule has 2 N–H and O–H groups in total. The molecule has 0 aromatic heterocycles. The van der Waals surface area contributed by atoms with E-state index in [1.54, 1.807) is 0 Å². The summed E-state index contributed by atoms with van der Waals surface area (Å²) in [5.41, 5.74) is 1.66. The number of hydrogen-bond acceptors (Lipinski definition) is 4. The van der Waals surface area contributed by atoms with Gasteiger partial charge in [0.2, 0.25) is 0 Å². The highest BCUT2D eigenvalue weighted by Crippen LogP contribution is 2.49. The molecule has 1 fully saturated rings. The van der Waals surface area contributed by atoms with Crippen molar-refractivity contribution in [2.45, 2.75) is 70.9 Å². The lowest BCUT2D eigenvalue weighted by atomic mass is 9.71. The Morgan fingerprint density at radius 3 is 2.64 bits per heavy atom. The molecule has 0 radical (unpaired) electrons. The topological polar surface area (TPSA) is 58.6 Å². The molecule has 1 aromatic rings. The van der Waals surface area contributed by atoms with Crippen LogP contribution in [-0.4, -0.2) is 35.7 Å². The van der Waals surface area contributed by atoms with E-state index >= 15 is 0 Å². The number of carbonyl (C=O) groups excluding carboxylic acids is 1. The van der Waals surface area contributed by atoms with Crippen molar-refractivity contribution in [3.05, 3.63) is 29.3 Å². The second-order valence-electron chi connectivity index (χ2n) is 8.72. The summed E-state index contributed by atoms with van der Waals surface area (Å²) in [5.74, 6) is 1.07. The van der Waals surface area contributed by atoms with Crippen molar-refractivity contribution in [2.24, 2.45) is 5.41 Å². The number of nitrogens with one attached hydrogen (secondary N) is 1. The number of benzene rings is 1. The van der Waals surface area contributed by atoms with Crippen molar-refractivity contribution in [1.29, 1.82) is 0 Å². The van der Waals surface area contributed by atoms with Crippen LogP contribution in [0.2, 0.25) is 0 Å². The third kappa shape index (κ3) is 4.06. The average Bonchev–Trinajstić information content (AvgIpc) is 2.84. The first-order valence-electron chi connectivity index (χ1n) is 9.53. The quantitative estimate of drug-likeness (QED) is 0.857. The van der Waals surface area contributed by atoms with Crippen LogP contribution in [-0.2, 0) is 6.42 Å². The second-order valence-corrected chi connectivity index (χ2v) is 8.72. The Balaban J connectivity index is 1.67. The molecule has 0 heterocycles. The molecular formula is C21H31NO3. The van der Waals surface area contributed by atoms with Crippen LogP contribution in [0, 0.1) is 5.41 Å². The standard InChI is InChI=1S/C21H31NO3/c1-20(2,3)22-13-15(23)14-25-18-9-7-8-16-17(18)12-21(19(16)24)10-5-4-6-11-21/h7-9,15,22-23H,4-6,10-14H2,1-3H3/t15-/m1/s1. The summed E-state index contributed by atoms with van der Waals surface area (Å²) in [6.45, 7) is 6.93. The predicted octanol–water partition coefficient (Wildman–Crippen LogP) is 3.50. The summed E-state index contributed by atoms with van der Waals surface area (Å²) in [4.78, 5) is 13.0. The van der Waals surface area contributed by atoms with Crippen molar-refractivity contribution in [1.82, 2.24) is 5.32 Å². The first kappa shape index (κ1) is 18.4. The van der Waals surface area contributed by atoms with E-state index in [0.717, 1.165) is 49.0 Å². The van der Waals surface area contributed by atoms with E-state index < -0.39 is 6.10 Å². The molecule has 0 unspecified atom stereocenters. The van der Waals surface area contributed by atoms with E-state index in [-0.39, 0.29) is 17.6 Å². The van der Waals surface area contributed by atoms with Gasteiger partial charge in [0.05, 0.1) is 0 Å². The van der Waals surface area contributed by atoms with E-state index in [0.29, 0.717) is 12.3 Å². The fourth-order valence-electron chi connectivity index (χ4n) is 4.10. The summed E-state index contributed by atoms with van der Waals surface area (Å²) in [6.07, 6.45) is 5.75. The maximum atomic E-state index is 13.0. The van der Waals surface area contributed by atoms with Crippen molar-refractivity contribution in [3.8, 4) is 5.75 Å². The normalized spacial score (nSPS) is 20.6. The Labute approximate surface area is 151 Å². The number of ether oxygens (including phenoxy) is 1. The second kappa shape index (κ2) is 7.08. The van der Waals surface area contributed by atoms with E-state index in [4.69, 9.17) is 4.74 Å². The molecule has 25 heavy (non-hydrogen) atoms. The number of rotatable bonds is 5. The summed E-state index contributed by atoms with van der Waals surface area (Å²) < 4.78 is 5.92. The lowest BCUT2D eigenvalue weighted by Gasteiger charge is -2.31. The minimum atomic E-state index is -0.573. The zero-order valence-electron chi connectivity index (χ0n) is 15.7. The smallest absolute Gasteiger partial charge is 0.169 e. The molecule has 2 aliphatic carbocycles. The maximum absolute atomic E-state index is 13.0. The summed E-state index contributed by atoms with van der Waals surface area (Å²) >= 11 is 0. The molecule has 0 amide bonds. The van der Waals surface area contributed by atoms with Gasteiger partial charge in [-0.05, 0) is 46.1 Å². The fourth-order valence-corrected chi connectivity index (χ4v) is 4.10. The van der Waals surface area contributed by atoms with Crippen LogP contribution in [0.1, 0.15) is 68.8 Å². The van der Waals surface area contributed by atoms with E-state index in [9.17, 15) is 9.90 Å². The van der Waals surface area contributed by atoms with Crippen LogP contribution in [0.25, 0.3) is 0 Å². The number of aliphatic hydroxyl groups is 1. The highest BCUT2D eigenvalue weighted by atomic mass is 16.5. The van der Waals surface area contributed by atoms with E-state index in [1.807, 2.05) is 18.2 Å². The van der Waals surface area contributed by atoms with Gasteiger partial charge in [-0.2, -0.15) is 0 Å². The molecule has 4 heteroatoms. The Hall–Kier alpha value is -1.39. The molecule has 1 saturated carbocycles. The van der Waals surface area contributed by atoms with E-state index in [2.05, 4.69) is 26.1 Å². The highest BCUT2D eigenvalue weighted by molar-refractivity contribution is 6.05. The molecule has 0 saturated heterocycles. The summed E-state index contributed by atoms with van der Waals surface area (Å²) in [5, 5.41) is 13.4. The summed E-state index contributed by atoms with van der Waals surface area (Å²) in [7, 11) is 0. The van der Waals surface area contributed by atoms with Gasteiger partial charge < -0.3 is 15.2 Å². The number of β-amino-alcohol motifs (C(OH)–C–C–N with tert-alkyl or cyclic N) is 1. The minimum Gasteiger partial charge on any atom is -0.491 e. The number of aliphatic hydroxyl groups excluding tert-OH is 1. The molecule has 4 nitrogen and oxygen atoms in total. The van der Waals surface area contributed by atoms with Crippen LogP contribution < -0.4 is 10.1 Å². The molecule has 138 valence electrons. The van der Waals surface area contributed by atoms with Gasteiger partial charge in [-0.15, -0.1) is 0 Å². The SMILES string of the molecule is CC(C)(C)NC[C@@H](O)COc1cccc2c1CC1(CCCCC1)C2=O. The van der Waals surface area contributed by atoms with Gasteiger partial charge in [-0.1, -0.05) is 31.4 Å². The van der Waals surface area contributed by atoms with Crippen molar-refractivity contribution in [2.75, 3.05) is 13.2 Å². The van der Waals surface area contributed by atoms with Crippen LogP contribution in [0.4, 0.5) is 0 Å². The van der Waals surface area contributed by atoms with Gasteiger partial charge in [0, 0.05) is 28.6 Å². The van der Waals surface area contributed by atoms with Crippen LogP contribution in [0.3, 0.4) is 0 Å². The molecule has 0 bridgehead atoms. The average molecular weight is 345 g/mol. The number of carbonyl (C=O) groups is 1. The van der Waals surface area contributed by atoms with Gasteiger partial charge in [-0.25, -0.2) is 0 Å². The largest absolute Gasteiger partial charge is 0.491 e. The summed E-state index contributed by atoms with van der Waals surface area (Å²) in [6, 6.07) is 5.76. The molecule has 1 aromatic carbocycles. The minimum absolute atomic E-state index is 0.0330. The zero-order valence-corrected chi connectivity index (χ0v) is 15.7. The lowest BCUT2D eigenvalue weighted by Crippen LogP contribution is -2.42. The third-order valence-electron chi connectivity index (χ3n) is 5.48. The fraction of sp³-hybridized carbons (Fsp3) is 0.667. The predicted molar refractivity (Wildman–Crippen MR) is 99.3 cm³/mol. The van der Waals surface area contributed by atoms with Crippen molar-refractivity contribution in [3.63, 3.8) is 0 Å². The van der Waals surface area contributed by atoms with Gasteiger partial charge in [0.1, 0.15) is 18.5 Å². The van der Waals surface area contributed by atoms with Crippen LogP contribution in [0.5, 0.6) is 5.75 Å².